The molecule has 2 aliphatic rings. The van der Waals surface area contributed by atoms with Gasteiger partial charge in [-0.2, -0.15) is 0 Å². The zero-order valence-electron chi connectivity index (χ0n) is 7.74. The first kappa shape index (κ1) is 10.8. The zero-order chi connectivity index (χ0) is 11.2. The number of aliphatic hydroxyl groups is 3. The molecule has 2 fully saturated rings. The summed E-state index contributed by atoms with van der Waals surface area (Å²) in [7, 11) is 0. The molecule has 0 radical (unpaired) electrons. The molecule has 0 spiro atoms. The van der Waals surface area contributed by atoms with Gasteiger partial charge in [0.2, 0.25) is 0 Å². The number of fused-ring (bicyclic) bond motifs is 2. The van der Waals surface area contributed by atoms with Crippen molar-refractivity contribution in [1.29, 1.82) is 0 Å². The fraction of sp³-hybridized carbons (Fsp3) is 0.875. The average Bonchev–Trinajstić information content (AvgIpc) is 2.48. The van der Waals surface area contributed by atoms with E-state index in [-0.39, 0.29) is 6.42 Å². The first-order chi connectivity index (χ1) is 7.00. The summed E-state index contributed by atoms with van der Waals surface area (Å²) in [5.41, 5.74) is 0. The van der Waals surface area contributed by atoms with Gasteiger partial charge in [0.05, 0.1) is 12.7 Å². The molecule has 2 saturated heterocycles. The van der Waals surface area contributed by atoms with Gasteiger partial charge in [-0.25, -0.2) is 4.79 Å². The first-order valence-corrected chi connectivity index (χ1v) is 4.56. The number of aliphatic carboxylic acids is 1. The largest absolute Gasteiger partial charge is 0.477 e. The lowest BCUT2D eigenvalue weighted by molar-refractivity contribution is -0.314. The molecule has 2 bridgehead atoms. The highest BCUT2D eigenvalue weighted by molar-refractivity contribution is 5.76. The summed E-state index contributed by atoms with van der Waals surface area (Å²) >= 11 is 0. The van der Waals surface area contributed by atoms with Gasteiger partial charge >= 0.3 is 5.97 Å². The zero-order valence-corrected chi connectivity index (χ0v) is 7.74. The molecule has 15 heavy (non-hydrogen) atoms. The van der Waals surface area contributed by atoms with Crippen LogP contribution in [0.4, 0.5) is 0 Å². The lowest BCUT2D eigenvalue weighted by Gasteiger charge is -2.37. The van der Waals surface area contributed by atoms with Gasteiger partial charge in [-0.05, 0) is 0 Å². The van der Waals surface area contributed by atoms with E-state index in [4.69, 9.17) is 19.7 Å². The lowest BCUT2D eigenvalue weighted by atomic mass is 10.0. The molecule has 7 heteroatoms. The minimum atomic E-state index is -1.93. The van der Waals surface area contributed by atoms with Crippen molar-refractivity contribution in [3.05, 3.63) is 0 Å². The Labute approximate surface area is 84.8 Å². The van der Waals surface area contributed by atoms with Gasteiger partial charge in [0.1, 0.15) is 18.3 Å². The molecule has 86 valence electrons. The summed E-state index contributed by atoms with van der Waals surface area (Å²) in [6.07, 6.45) is -4.64. The predicted octanol–water partition coefficient (Wildman–Crippen LogP) is -2.33. The van der Waals surface area contributed by atoms with E-state index in [0.717, 1.165) is 0 Å². The number of carbonyl (C=O) groups is 1. The molecule has 2 rings (SSSR count). The fourth-order valence-electron chi connectivity index (χ4n) is 1.97. The molecule has 2 heterocycles. The van der Waals surface area contributed by atoms with Gasteiger partial charge in [-0.15, -0.1) is 0 Å². The second kappa shape index (κ2) is 3.39. The third-order valence-electron chi connectivity index (χ3n) is 2.75. The molecule has 0 saturated carbocycles. The quantitative estimate of drug-likeness (QED) is 0.412. The Morgan fingerprint density at radius 1 is 1.40 bits per heavy atom. The van der Waals surface area contributed by atoms with Crippen LogP contribution in [0.2, 0.25) is 0 Å². The van der Waals surface area contributed by atoms with Crippen LogP contribution in [0, 0.1) is 0 Å². The number of carboxylic acids is 1. The van der Waals surface area contributed by atoms with E-state index in [2.05, 4.69) is 0 Å². The Balaban J connectivity index is 2.28. The van der Waals surface area contributed by atoms with Crippen LogP contribution in [0.1, 0.15) is 6.42 Å². The van der Waals surface area contributed by atoms with Crippen molar-refractivity contribution < 1.29 is 34.7 Å². The van der Waals surface area contributed by atoms with Crippen LogP contribution >= 0.6 is 0 Å². The van der Waals surface area contributed by atoms with Gasteiger partial charge in [-0.1, -0.05) is 0 Å². The summed E-state index contributed by atoms with van der Waals surface area (Å²) in [6, 6.07) is 0. The summed E-state index contributed by atoms with van der Waals surface area (Å²) in [4.78, 5) is 10.9. The predicted molar refractivity (Wildman–Crippen MR) is 43.8 cm³/mol. The Morgan fingerprint density at radius 3 is 2.60 bits per heavy atom. The molecule has 0 amide bonds. The van der Waals surface area contributed by atoms with Gasteiger partial charge in [0.25, 0.3) is 5.79 Å². The Bertz CT molecular complexity index is 280. The van der Waals surface area contributed by atoms with Gasteiger partial charge in [-0.3, -0.25) is 0 Å². The lowest BCUT2D eigenvalue weighted by Crippen LogP contribution is -2.56. The van der Waals surface area contributed by atoms with E-state index >= 15 is 0 Å². The normalized spacial score (nSPS) is 49.3. The number of carboxylic acid groups (broad SMARTS) is 1. The SMILES string of the molecule is O=C(O)C12C[C@@H](O)[C@@H](O1)[C@H](O)[C@@H](CO)O2. The van der Waals surface area contributed by atoms with Crippen molar-refractivity contribution >= 4 is 5.97 Å². The summed E-state index contributed by atoms with van der Waals surface area (Å²) < 4.78 is 9.95. The summed E-state index contributed by atoms with van der Waals surface area (Å²) in [6.45, 7) is -0.525. The van der Waals surface area contributed by atoms with Crippen molar-refractivity contribution in [3.63, 3.8) is 0 Å². The van der Waals surface area contributed by atoms with Crippen molar-refractivity contribution in [2.24, 2.45) is 0 Å². The maximum Gasteiger partial charge on any atom is 0.364 e. The molecule has 0 aromatic heterocycles. The average molecular weight is 220 g/mol. The molecule has 2 aliphatic heterocycles. The van der Waals surface area contributed by atoms with Crippen LogP contribution in [0.5, 0.6) is 0 Å². The van der Waals surface area contributed by atoms with Crippen LogP contribution < -0.4 is 0 Å². The standard InChI is InChI=1S/C8H12O7/c9-2-4-5(11)6-3(10)1-8(14-4,15-6)7(12)13/h3-6,9-11H,1-2H2,(H,12,13)/t3-,4-,5-,6-,8?/m1/s1. The first-order valence-electron chi connectivity index (χ1n) is 4.56. The van der Waals surface area contributed by atoms with E-state index in [1.165, 1.54) is 0 Å². The minimum Gasteiger partial charge on any atom is -0.477 e. The summed E-state index contributed by atoms with van der Waals surface area (Å²) in [5.74, 6) is -3.30. The number of ether oxygens (including phenoxy) is 2. The molecular formula is C8H12O7. The van der Waals surface area contributed by atoms with Crippen LogP contribution in [0.15, 0.2) is 0 Å². The number of hydrogen-bond donors (Lipinski definition) is 4. The number of rotatable bonds is 2. The van der Waals surface area contributed by atoms with Gasteiger partial charge in [0.15, 0.2) is 0 Å². The monoisotopic (exact) mass is 220 g/mol. The number of aliphatic hydroxyl groups excluding tert-OH is 3. The maximum absolute atomic E-state index is 10.9. The third-order valence-corrected chi connectivity index (χ3v) is 2.75. The van der Waals surface area contributed by atoms with Crippen molar-refractivity contribution in [1.82, 2.24) is 0 Å². The highest BCUT2D eigenvalue weighted by atomic mass is 16.8. The second-order valence-corrected chi connectivity index (χ2v) is 3.74. The summed E-state index contributed by atoms with van der Waals surface area (Å²) in [5, 5.41) is 36.8. The Morgan fingerprint density at radius 2 is 2.07 bits per heavy atom. The van der Waals surface area contributed by atoms with Crippen molar-refractivity contribution in [2.45, 2.75) is 36.6 Å². The molecule has 5 atom stereocenters. The van der Waals surface area contributed by atoms with Gasteiger partial charge < -0.3 is 29.9 Å². The second-order valence-electron chi connectivity index (χ2n) is 3.74. The Kier molecular flexibility index (Phi) is 2.44. The van der Waals surface area contributed by atoms with Crippen LogP contribution in [0.25, 0.3) is 0 Å². The highest BCUT2D eigenvalue weighted by Gasteiger charge is 2.61. The van der Waals surface area contributed by atoms with E-state index < -0.39 is 42.8 Å². The fourth-order valence-corrected chi connectivity index (χ4v) is 1.97. The molecular weight excluding hydrogens is 208 g/mol. The topological polar surface area (TPSA) is 116 Å². The van der Waals surface area contributed by atoms with Crippen LogP contribution in [0.3, 0.4) is 0 Å². The third kappa shape index (κ3) is 1.44. The van der Waals surface area contributed by atoms with E-state index in [9.17, 15) is 15.0 Å². The van der Waals surface area contributed by atoms with E-state index in [1.54, 1.807) is 0 Å². The van der Waals surface area contributed by atoms with E-state index in [1.807, 2.05) is 0 Å². The molecule has 0 aromatic rings. The maximum atomic E-state index is 10.9. The van der Waals surface area contributed by atoms with Crippen LogP contribution in [-0.2, 0) is 14.3 Å². The van der Waals surface area contributed by atoms with Crippen LogP contribution in [-0.4, -0.2) is 63.2 Å². The molecule has 7 nitrogen and oxygen atoms in total. The minimum absolute atomic E-state index is 0.249. The molecule has 0 aliphatic carbocycles. The smallest absolute Gasteiger partial charge is 0.364 e. The Hall–Kier alpha value is -0.730. The molecule has 0 aromatic carbocycles. The molecule has 4 N–H and O–H groups in total. The van der Waals surface area contributed by atoms with Crippen molar-refractivity contribution in [2.75, 3.05) is 6.61 Å². The highest BCUT2D eigenvalue weighted by Crippen LogP contribution is 2.40. The van der Waals surface area contributed by atoms with Crippen molar-refractivity contribution in [3.8, 4) is 0 Å². The molecule has 1 unspecified atom stereocenters. The number of hydrogen-bond acceptors (Lipinski definition) is 6. The van der Waals surface area contributed by atoms with E-state index in [0.29, 0.717) is 0 Å². The van der Waals surface area contributed by atoms with Gasteiger partial charge in [0, 0.05) is 6.42 Å².